The van der Waals surface area contributed by atoms with Crippen LogP contribution in [0.25, 0.3) is 0 Å². The topological polar surface area (TPSA) is 95.1 Å². The van der Waals surface area contributed by atoms with Crippen molar-refractivity contribution in [2.45, 2.75) is 30.7 Å². The maximum absolute atomic E-state index is 11.9. The molecular weight excluding hydrogens is 262 g/mol. The number of aliphatic hydroxyl groups excluding tert-OH is 1. The molecule has 6 nitrogen and oxygen atoms in total. The fourth-order valence-corrected chi connectivity index (χ4v) is 2.89. The van der Waals surface area contributed by atoms with Crippen LogP contribution in [0.5, 0.6) is 0 Å². The predicted molar refractivity (Wildman–Crippen MR) is 67.4 cm³/mol. The molecule has 3 N–H and O–H groups in total. The van der Waals surface area contributed by atoms with Gasteiger partial charge >= 0.3 is 0 Å². The van der Waals surface area contributed by atoms with Gasteiger partial charge in [0, 0.05) is 23.1 Å². The number of aliphatic hydroxyl groups is 1. The van der Waals surface area contributed by atoms with Crippen molar-refractivity contribution >= 4 is 21.8 Å². The number of nitrogens with zero attached hydrogens (tertiary/aromatic N) is 1. The Balaban J connectivity index is 2.90. The van der Waals surface area contributed by atoms with E-state index in [1.807, 2.05) is 13.2 Å². The van der Waals surface area contributed by atoms with E-state index in [4.69, 9.17) is 5.11 Å². The quantitative estimate of drug-likeness (QED) is 0.693. The number of sulfonamides is 1. The molecule has 0 aromatic carbocycles. The molecule has 0 amide bonds. The monoisotopic (exact) mass is 279 g/mol. The van der Waals surface area contributed by atoms with Crippen molar-refractivity contribution in [2.24, 2.45) is 0 Å². The highest BCUT2D eigenvalue weighted by Crippen LogP contribution is 2.16. The summed E-state index contributed by atoms with van der Waals surface area (Å²) in [6.07, 6.45) is 1.91. The summed E-state index contributed by atoms with van der Waals surface area (Å²) in [6.45, 7) is 3.58. The van der Waals surface area contributed by atoms with E-state index in [1.54, 1.807) is 18.7 Å². The minimum absolute atomic E-state index is 0.120. The fourth-order valence-electron chi connectivity index (χ4n) is 1.22. The van der Waals surface area contributed by atoms with E-state index < -0.39 is 10.0 Å². The first-order valence-electron chi connectivity index (χ1n) is 5.09. The number of thioether (sulfide) groups is 1. The third-order valence-corrected chi connectivity index (χ3v) is 4.78. The molecule has 0 bridgehead atoms. The highest BCUT2D eigenvalue weighted by Gasteiger charge is 2.23. The lowest BCUT2D eigenvalue weighted by Crippen LogP contribution is -2.30. The van der Waals surface area contributed by atoms with Crippen molar-refractivity contribution in [1.82, 2.24) is 14.9 Å². The number of aromatic amines is 1. The van der Waals surface area contributed by atoms with Crippen LogP contribution in [0, 0.1) is 6.92 Å². The normalized spacial score (nSPS) is 13.9. The predicted octanol–water partition coefficient (Wildman–Crippen LogP) is 0.240. The highest BCUT2D eigenvalue weighted by molar-refractivity contribution is 7.99. The van der Waals surface area contributed by atoms with Crippen LogP contribution in [0.3, 0.4) is 0 Å². The second-order valence-electron chi connectivity index (χ2n) is 3.69. The summed E-state index contributed by atoms with van der Waals surface area (Å²) >= 11 is 1.57. The highest BCUT2D eigenvalue weighted by atomic mass is 32.2. The van der Waals surface area contributed by atoms with Gasteiger partial charge < -0.3 is 5.11 Å². The van der Waals surface area contributed by atoms with Gasteiger partial charge in [0.2, 0.25) is 0 Å². The standard InChI is InChI=1S/C9H17N3O3S2/c1-6(16-3)4-10-17(14,15)9-8(5-13)7(2)11-12-9/h6,10,13H,4-5H2,1-3H3,(H,11,12). The number of H-pyrrole nitrogens is 1. The van der Waals surface area contributed by atoms with Gasteiger partial charge in [-0.15, -0.1) is 0 Å². The molecule has 1 atom stereocenters. The maximum Gasteiger partial charge on any atom is 0.260 e. The van der Waals surface area contributed by atoms with Gasteiger partial charge in [0.25, 0.3) is 10.0 Å². The van der Waals surface area contributed by atoms with Crippen LogP contribution in [-0.4, -0.2) is 41.8 Å². The van der Waals surface area contributed by atoms with Gasteiger partial charge in [-0.3, -0.25) is 5.10 Å². The molecule has 17 heavy (non-hydrogen) atoms. The van der Waals surface area contributed by atoms with Crippen LogP contribution in [0.2, 0.25) is 0 Å². The smallest absolute Gasteiger partial charge is 0.260 e. The zero-order valence-corrected chi connectivity index (χ0v) is 11.7. The number of rotatable bonds is 6. The molecule has 0 aliphatic rings. The van der Waals surface area contributed by atoms with Crippen molar-refractivity contribution in [3.8, 4) is 0 Å². The van der Waals surface area contributed by atoms with Crippen LogP contribution < -0.4 is 4.72 Å². The number of hydrogen-bond donors (Lipinski definition) is 3. The lowest BCUT2D eigenvalue weighted by atomic mass is 10.3. The Morgan fingerprint density at radius 3 is 2.76 bits per heavy atom. The molecule has 1 rings (SSSR count). The van der Waals surface area contributed by atoms with E-state index in [1.165, 1.54) is 0 Å². The number of aromatic nitrogens is 2. The summed E-state index contributed by atoms with van der Waals surface area (Å²) in [5.74, 6) is 0. The second-order valence-corrected chi connectivity index (χ2v) is 6.65. The van der Waals surface area contributed by atoms with E-state index in [2.05, 4.69) is 14.9 Å². The maximum atomic E-state index is 11.9. The first kappa shape index (κ1) is 14.5. The van der Waals surface area contributed by atoms with Gasteiger partial charge in [0.15, 0.2) is 5.03 Å². The van der Waals surface area contributed by atoms with E-state index in [-0.39, 0.29) is 16.9 Å². The molecule has 8 heteroatoms. The first-order valence-corrected chi connectivity index (χ1v) is 7.86. The molecule has 0 aliphatic carbocycles. The van der Waals surface area contributed by atoms with Crippen LogP contribution in [-0.2, 0) is 16.6 Å². The lowest BCUT2D eigenvalue weighted by Gasteiger charge is -2.09. The molecule has 1 unspecified atom stereocenters. The van der Waals surface area contributed by atoms with Crippen molar-refractivity contribution in [3.63, 3.8) is 0 Å². The number of hydrogen-bond acceptors (Lipinski definition) is 5. The summed E-state index contributed by atoms with van der Waals surface area (Å²) in [5.41, 5.74) is 0.875. The summed E-state index contributed by atoms with van der Waals surface area (Å²) in [4.78, 5) is 0. The van der Waals surface area contributed by atoms with Crippen LogP contribution in [0.15, 0.2) is 5.03 Å². The average molecular weight is 279 g/mol. The van der Waals surface area contributed by atoms with Gasteiger partial charge in [0.1, 0.15) is 0 Å². The summed E-state index contributed by atoms with van der Waals surface area (Å²) < 4.78 is 26.3. The van der Waals surface area contributed by atoms with Gasteiger partial charge in [-0.1, -0.05) is 6.92 Å². The number of nitrogens with one attached hydrogen (secondary N) is 2. The summed E-state index contributed by atoms with van der Waals surface area (Å²) in [6, 6.07) is 0. The Morgan fingerprint density at radius 2 is 2.24 bits per heavy atom. The van der Waals surface area contributed by atoms with E-state index in [0.29, 0.717) is 17.8 Å². The van der Waals surface area contributed by atoms with Crippen LogP contribution >= 0.6 is 11.8 Å². The third kappa shape index (κ3) is 3.44. The minimum Gasteiger partial charge on any atom is -0.392 e. The molecule has 0 radical (unpaired) electrons. The molecule has 0 saturated heterocycles. The van der Waals surface area contributed by atoms with Crippen molar-refractivity contribution in [2.75, 3.05) is 12.8 Å². The van der Waals surface area contributed by atoms with E-state index >= 15 is 0 Å². The molecule has 98 valence electrons. The molecule has 0 fully saturated rings. The Hall–Kier alpha value is -0.570. The van der Waals surface area contributed by atoms with Gasteiger partial charge in [-0.05, 0) is 13.2 Å². The van der Waals surface area contributed by atoms with Crippen molar-refractivity contribution in [3.05, 3.63) is 11.3 Å². The summed E-state index contributed by atoms with van der Waals surface area (Å²) in [5, 5.41) is 15.5. The number of aryl methyl sites for hydroxylation is 1. The molecule has 0 spiro atoms. The van der Waals surface area contributed by atoms with Crippen molar-refractivity contribution in [1.29, 1.82) is 0 Å². The van der Waals surface area contributed by atoms with E-state index in [9.17, 15) is 8.42 Å². The Labute approximate surface area is 105 Å². The lowest BCUT2D eigenvalue weighted by molar-refractivity contribution is 0.277. The van der Waals surface area contributed by atoms with Crippen molar-refractivity contribution < 1.29 is 13.5 Å². The van der Waals surface area contributed by atoms with Gasteiger partial charge in [0.05, 0.1) is 6.61 Å². The Kier molecular flexibility index (Phi) is 4.99. The Morgan fingerprint density at radius 1 is 1.59 bits per heavy atom. The largest absolute Gasteiger partial charge is 0.392 e. The van der Waals surface area contributed by atoms with Crippen LogP contribution in [0.1, 0.15) is 18.2 Å². The molecule has 0 aliphatic heterocycles. The van der Waals surface area contributed by atoms with Crippen LogP contribution in [0.4, 0.5) is 0 Å². The molecular formula is C9H17N3O3S2. The first-order chi connectivity index (χ1) is 7.92. The minimum atomic E-state index is -3.65. The summed E-state index contributed by atoms with van der Waals surface area (Å²) in [7, 11) is -3.65. The third-order valence-electron chi connectivity index (χ3n) is 2.41. The molecule has 1 aromatic rings. The molecule has 1 heterocycles. The zero-order valence-electron chi connectivity index (χ0n) is 10.0. The molecule has 1 aromatic heterocycles. The zero-order chi connectivity index (χ0) is 13.1. The van der Waals surface area contributed by atoms with Gasteiger partial charge in [-0.25, -0.2) is 13.1 Å². The van der Waals surface area contributed by atoms with Gasteiger partial charge in [-0.2, -0.15) is 16.9 Å². The SMILES string of the molecule is CSC(C)CNS(=O)(=O)c1n[nH]c(C)c1CO. The second kappa shape index (κ2) is 5.85. The average Bonchev–Trinajstić information content (AvgIpc) is 2.68. The fraction of sp³-hybridized carbons (Fsp3) is 0.667. The molecule has 0 saturated carbocycles. The van der Waals surface area contributed by atoms with E-state index in [0.717, 1.165) is 0 Å². The Bertz CT molecular complexity index is 470.